The second-order valence-electron chi connectivity index (χ2n) is 5.41. The van der Waals surface area contributed by atoms with Gasteiger partial charge in [-0.15, -0.1) is 0 Å². The molecule has 21 heavy (non-hydrogen) atoms. The highest BCUT2D eigenvalue weighted by Gasteiger charge is 2.36. The molecule has 2 aromatic heterocycles. The fourth-order valence-corrected chi connectivity index (χ4v) is 2.63. The molecule has 1 saturated carbocycles. The summed E-state index contributed by atoms with van der Waals surface area (Å²) in [6.45, 7) is 0. The first kappa shape index (κ1) is 13.7. The predicted octanol–water partition coefficient (Wildman–Crippen LogP) is 0.452. The minimum atomic E-state index is -0.270. The monoisotopic (exact) mass is 287 g/mol. The van der Waals surface area contributed by atoms with Crippen LogP contribution in [0.15, 0.2) is 30.9 Å². The van der Waals surface area contributed by atoms with Crippen molar-refractivity contribution in [3.63, 3.8) is 0 Å². The van der Waals surface area contributed by atoms with E-state index in [2.05, 4.69) is 20.6 Å². The largest absolute Gasteiger partial charge is 0.393 e. The van der Waals surface area contributed by atoms with Gasteiger partial charge in [0.25, 0.3) is 5.91 Å². The molecule has 0 bridgehead atoms. The van der Waals surface area contributed by atoms with Gasteiger partial charge in [0, 0.05) is 18.8 Å². The van der Waals surface area contributed by atoms with E-state index in [-0.39, 0.29) is 24.0 Å². The second kappa shape index (κ2) is 5.61. The highest BCUT2D eigenvalue weighted by Crippen LogP contribution is 2.38. The van der Waals surface area contributed by atoms with Crippen LogP contribution in [0.2, 0.25) is 0 Å². The summed E-state index contributed by atoms with van der Waals surface area (Å²) >= 11 is 0. The van der Waals surface area contributed by atoms with Crippen LogP contribution in [0.5, 0.6) is 0 Å². The van der Waals surface area contributed by atoms with Crippen LogP contribution in [0.4, 0.5) is 0 Å². The van der Waals surface area contributed by atoms with Crippen molar-refractivity contribution in [3.05, 3.63) is 42.0 Å². The Labute approximate surface area is 122 Å². The summed E-state index contributed by atoms with van der Waals surface area (Å²) in [5.74, 6) is 0.0306. The van der Waals surface area contributed by atoms with E-state index in [0.29, 0.717) is 18.4 Å². The number of amides is 1. The Kier molecular flexibility index (Phi) is 3.66. The zero-order valence-corrected chi connectivity index (χ0v) is 11.7. The molecule has 2 N–H and O–H groups in total. The van der Waals surface area contributed by atoms with Crippen molar-refractivity contribution in [2.75, 3.05) is 0 Å². The molecular formula is C14H17N5O2. The van der Waals surface area contributed by atoms with E-state index in [9.17, 15) is 9.90 Å². The Bertz CT molecular complexity index is 621. The van der Waals surface area contributed by atoms with Crippen LogP contribution in [0, 0.1) is 5.92 Å². The average Bonchev–Trinajstić information content (AvgIpc) is 2.89. The molecule has 0 radical (unpaired) electrons. The Morgan fingerprint density at radius 3 is 2.81 bits per heavy atom. The van der Waals surface area contributed by atoms with Gasteiger partial charge in [-0.2, -0.15) is 15.3 Å². The van der Waals surface area contributed by atoms with Gasteiger partial charge < -0.3 is 10.4 Å². The molecule has 0 aliphatic heterocycles. The molecule has 7 nitrogen and oxygen atoms in total. The molecule has 0 unspecified atom stereocenters. The van der Waals surface area contributed by atoms with Gasteiger partial charge in [0.2, 0.25) is 0 Å². The molecule has 110 valence electrons. The lowest BCUT2D eigenvalue weighted by Gasteiger charge is -2.37. The summed E-state index contributed by atoms with van der Waals surface area (Å²) in [5.41, 5.74) is 1.42. The molecule has 0 saturated heterocycles. The molecule has 0 aromatic carbocycles. The maximum absolute atomic E-state index is 12.3. The van der Waals surface area contributed by atoms with Gasteiger partial charge in [0.1, 0.15) is 0 Å². The first-order valence-corrected chi connectivity index (χ1v) is 6.87. The zero-order chi connectivity index (χ0) is 14.8. The highest BCUT2D eigenvalue weighted by molar-refractivity contribution is 5.94. The van der Waals surface area contributed by atoms with E-state index in [1.807, 2.05) is 13.2 Å². The zero-order valence-electron chi connectivity index (χ0n) is 11.7. The molecule has 1 fully saturated rings. The third-order valence-electron chi connectivity index (χ3n) is 3.84. The fraction of sp³-hybridized carbons (Fsp3) is 0.429. The first-order valence-electron chi connectivity index (χ1n) is 6.87. The van der Waals surface area contributed by atoms with E-state index in [1.54, 1.807) is 16.9 Å². The van der Waals surface area contributed by atoms with Crippen molar-refractivity contribution < 1.29 is 9.90 Å². The van der Waals surface area contributed by atoms with Gasteiger partial charge in [-0.05, 0) is 24.8 Å². The summed E-state index contributed by atoms with van der Waals surface area (Å²) in [4.78, 5) is 12.3. The molecule has 7 heteroatoms. The molecule has 1 amide bonds. The van der Waals surface area contributed by atoms with Crippen LogP contribution in [-0.2, 0) is 7.05 Å². The van der Waals surface area contributed by atoms with Crippen LogP contribution >= 0.6 is 0 Å². The van der Waals surface area contributed by atoms with Crippen LogP contribution in [-0.4, -0.2) is 37.1 Å². The fourth-order valence-electron chi connectivity index (χ4n) is 2.63. The Balaban J connectivity index is 1.78. The number of carbonyl (C=O) groups is 1. The van der Waals surface area contributed by atoms with Crippen LogP contribution in [0.1, 0.15) is 34.8 Å². The minimum Gasteiger partial charge on any atom is -0.393 e. The van der Waals surface area contributed by atoms with Crippen molar-refractivity contribution in [2.24, 2.45) is 13.0 Å². The smallest absolute Gasteiger partial charge is 0.253 e. The summed E-state index contributed by atoms with van der Waals surface area (Å²) in [6.07, 6.45) is 7.67. The lowest BCUT2D eigenvalue weighted by atomic mass is 9.75. The number of carbonyl (C=O) groups excluding carboxylic acids is 1. The van der Waals surface area contributed by atoms with Gasteiger partial charge in [-0.25, -0.2) is 0 Å². The van der Waals surface area contributed by atoms with Crippen molar-refractivity contribution in [1.29, 1.82) is 0 Å². The minimum absolute atomic E-state index is 0.150. The lowest BCUT2D eigenvalue weighted by molar-refractivity contribution is 0.0235. The number of nitrogens with zero attached hydrogens (tertiary/aromatic N) is 4. The van der Waals surface area contributed by atoms with E-state index in [0.717, 1.165) is 5.56 Å². The number of aryl methyl sites for hydroxylation is 1. The lowest BCUT2D eigenvalue weighted by Crippen LogP contribution is -2.41. The number of nitrogens with one attached hydrogen (secondary N) is 1. The van der Waals surface area contributed by atoms with Crippen molar-refractivity contribution in [3.8, 4) is 0 Å². The van der Waals surface area contributed by atoms with Gasteiger partial charge in [0.05, 0.1) is 36.3 Å². The van der Waals surface area contributed by atoms with E-state index >= 15 is 0 Å². The van der Waals surface area contributed by atoms with Crippen LogP contribution < -0.4 is 5.32 Å². The number of rotatable bonds is 4. The van der Waals surface area contributed by atoms with E-state index < -0.39 is 0 Å². The maximum Gasteiger partial charge on any atom is 0.253 e. The Hall–Kier alpha value is -2.28. The van der Waals surface area contributed by atoms with Crippen LogP contribution in [0.3, 0.4) is 0 Å². The molecule has 3 rings (SSSR count). The SMILES string of the molecule is Cn1cc([C@H](NC(=O)c2ccnnc2)C2CC(O)C2)cn1. The van der Waals surface area contributed by atoms with Crippen LogP contribution in [0.25, 0.3) is 0 Å². The molecule has 0 spiro atoms. The Morgan fingerprint density at radius 1 is 1.43 bits per heavy atom. The summed E-state index contributed by atoms with van der Waals surface area (Å²) < 4.78 is 1.71. The van der Waals surface area contributed by atoms with Gasteiger partial charge in [0.15, 0.2) is 0 Å². The van der Waals surface area contributed by atoms with Crippen molar-refractivity contribution >= 4 is 5.91 Å². The Morgan fingerprint density at radius 2 is 2.24 bits per heavy atom. The average molecular weight is 287 g/mol. The van der Waals surface area contributed by atoms with E-state index in [4.69, 9.17) is 0 Å². The number of hydrogen-bond acceptors (Lipinski definition) is 5. The highest BCUT2D eigenvalue weighted by atomic mass is 16.3. The van der Waals surface area contributed by atoms with Gasteiger partial charge >= 0.3 is 0 Å². The molecule has 1 atom stereocenters. The third kappa shape index (κ3) is 2.92. The summed E-state index contributed by atoms with van der Waals surface area (Å²) in [6, 6.07) is 1.47. The molecule has 1 aliphatic carbocycles. The number of hydrogen-bond donors (Lipinski definition) is 2. The number of aliphatic hydroxyl groups is 1. The predicted molar refractivity (Wildman–Crippen MR) is 74.2 cm³/mol. The molecule has 1 aliphatic rings. The van der Waals surface area contributed by atoms with Crippen molar-refractivity contribution in [2.45, 2.75) is 25.0 Å². The van der Waals surface area contributed by atoms with Gasteiger partial charge in [-0.1, -0.05) is 0 Å². The molecular weight excluding hydrogens is 270 g/mol. The summed E-state index contributed by atoms with van der Waals surface area (Å²) in [5, 5.41) is 24.1. The van der Waals surface area contributed by atoms with Gasteiger partial charge in [-0.3, -0.25) is 9.48 Å². The summed E-state index contributed by atoms with van der Waals surface area (Å²) in [7, 11) is 1.84. The topological polar surface area (TPSA) is 92.9 Å². The molecule has 2 heterocycles. The number of aliphatic hydroxyl groups excluding tert-OH is 1. The molecule has 2 aromatic rings. The maximum atomic E-state index is 12.3. The normalized spacial score (nSPS) is 22.4. The standard InChI is InChI=1S/C14H17N5O2/c1-19-8-11(7-17-19)13(10-4-12(20)5-10)18-14(21)9-2-3-15-16-6-9/h2-3,6-8,10,12-13,20H,4-5H2,1H3,(H,18,21)/t10?,12?,13-/m1/s1. The quantitative estimate of drug-likeness (QED) is 0.851. The first-order chi connectivity index (χ1) is 10.1. The van der Waals surface area contributed by atoms with E-state index in [1.165, 1.54) is 12.4 Å². The van der Waals surface area contributed by atoms with Crippen molar-refractivity contribution in [1.82, 2.24) is 25.3 Å². The second-order valence-corrected chi connectivity index (χ2v) is 5.41. The third-order valence-corrected chi connectivity index (χ3v) is 3.84. The number of aromatic nitrogens is 4.